The maximum absolute atomic E-state index is 13.6. The molecule has 20 heavy (non-hydrogen) atoms. The minimum Gasteiger partial charge on any atom is -0.317 e. The average Bonchev–Trinajstić information content (AvgIpc) is 2.32. The van der Waals surface area contributed by atoms with Gasteiger partial charge in [0.15, 0.2) is 11.6 Å². The lowest BCUT2D eigenvalue weighted by molar-refractivity contribution is 0.102. The predicted molar refractivity (Wildman–Crippen MR) is 73.1 cm³/mol. The van der Waals surface area contributed by atoms with Gasteiger partial charge in [0.2, 0.25) is 0 Å². The molecule has 0 saturated heterocycles. The van der Waals surface area contributed by atoms with Gasteiger partial charge in [-0.2, -0.15) is 0 Å². The van der Waals surface area contributed by atoms with Gasteiger partial charge in [0.25, 0.3) is 5.91 Å². The third kappa shape index (κ3) is 3.19. The Morgan fingerprint density at radius 2 is 1.65 bits per heavy atom. The minimum absolute atomic E-state index is 0.00998. The van der Waals surface area contributed by atoms with Gasteiger partial charge in [-0.3, -0.25) is 4.79 Å². The first-order valence-electron chi connectivity index (χ1n) is 5.60. The van der Waals surface area contributed by atoms with Crippen molar-refractivity contribution in [2.75, 3.05) is 5.32 Å². The Hall–Kier alpha value is -1.82. The summed E-state index contributed by atoms with van der Waals surface area (Å²) in [7, 11) is 0. The maximum atomic E-state index is 13.6. The lowest BCUT2D eigenvalue weighted by atomic mass is 10.1. The molecule has 0 unspecified atom stereocenters. The SMILES string of the molecule is Cc1cc(F)cc(C(=O)Nc2c(F)cc(Br)cc2F)c1. The van der Waals surface area contributed by atoms with Crippen LogP contribution in [-0.4, -0.2) is 5.91 Å². The zero-order valence-corrected chi connectivity index (χ0v) is 11.9. The number of halogens is 4. The summed E-state index contributed by atoms with van der Waals surface area (Å²) < 4.78 is 40.6. The van der Waals surface area contributed by atoms with Crippen LogP contribution >= 0.6 is 15.9 Å². The van der Waals surface area contributed by atoms with Crippen LogP contribution in [0.25, 0.3) is 0 Å². The summed E-state index contributed by atoms with van der Waals surface area (Å²) in [6.45, 7) is 1.61. The molecule has 1 amide bonds. The van der Waals surface area contributed by atoms with E-state index < -0.39 is 29.0 Å². The number of amides is 1. The van der Waals surface area contributed by atoms with Crippen molar-refractivity contribution in [3.8, 4) is 0 Å². The van der Waals surface area contributed by atoms with Crippen LogP contribution in [0.15, 0.2) is 34.8 Å². The highest BCUT2D eigenvalue weighted by Gasteiger charge is 2.15. The molecule has 104 valence electrons. The fourth-order valence-electron chi connectivity index (χ4n) is 1.71. The molecule has 0 bridgehead atoms. The first kappa shape index (κ1) is 14.6. The molecule has 6 heteroatoms. The first-order valence-corrected chi connectivity index (χ1v) is 6.39. The van der Waals surface area contributed by atoms with Gasteiger partial charge in [-0.25, -0.2) is 13.2 Å². The molecule has 2 aromatic carbocycles. The third-order valence-corrected chi connectivity index (χ3v) is 3.01. The molecule has 0 atom stereocenters. The summed E-state index contributed by atoms with van der Waals surface area (Å²) in [4.78, 5) is 11.9. The normalized spacial score (nSPS) is 10.4. The fourth-order valence-corrected chi connectivity index (χ4v) is 2.12. The molecule has 2 aromatic rings. The molecular weight excluding hydrogens is 335 g/mol. The van der Waals surface area contributed by atoms with E-state index in [0.717, 1.165) is 18.2 Å². The second-order valence-corrected chi connectivity index (χ2v) is 5.13. The van der Waals surface area contributed by atoms with Crippen molar-refractivity contribution in [1.29, 1.82) is 0 Å². The molecule has 0 radical (unpaired) electrons. The highest BCUT2D eigenvalue weighted by Crippen LogP contribution is 2.24. The van der Waals surface area contributed by atoms with Gasteiger partial charge in [0.05, 0.1) is 0 Å². The van der Waals surface area contributed by atoms with Crippen LogP contribution in [0.5, 0.6) is 0 Å². The summed E-state index contributed by atoms with van der Waals surface area (Å²) in [6, 6.07) is 5.71. The molecule has 0 heterocycles. The lowest BCUT2D eigenvalue weighted by Crippen LogP contribution is -2.14. The molecule has 0 spiro atoms. The van der Waals surface area contributed by atoms with E-state index in [1.165, 1.54) is 12.1 Å². The van der Waals surface area contributed by atoms with Crippen LogP contribution < -0.4 is 5.32 Å². The van der Waals surface area contributed by atoms with E-state index in [1.807, 2.05) is 0 Å². The van der Waals surface area contributed by atoms with Crippen molar-refractivity contribution in [1.82, 2.24) is 0 Å². The quantitative estimate of drug-likeness (QED) is 0.858. The van der Waals surface area contributed by atoms with Crippen LogP contribution in [0.3, 0.4) is 0 Å². The maximum Gasteiger partial charge on any atom is 0.255 e. The van der Waals surface area contributed by atoms with Crippen LogP contribution in [0.2, 0.25) is 0 Å². The van der Waals surface area contributed by atoms with Crippen molar-refractivity contribution in [3.63, 3.8) is 0 Å². The summed E-state index contributed by atoms with van der Waals surface area (Å²) in [5.74, 6) is -3.21. The predicted octanol–water partition coefficient (Wildman–Crippen LogP) is 4.43. The molecule has 1 N–H and O–H groups in total. The Balaban J connectivity index is 2.32. The topological polar surface area (TPSA) is 29.1 Å². The zero-order valence-electron chi connectivity index (χ0n) is 10.3. The van der Waals surface area contributed by atoms with E-state index in [9.17, 15) is 18.0 Å². The zero-order chi connectivity index (χ0) is 14.9. The average molecular weight is 344 g/mol. The van der Waals surface area contributed by atoms with Crippen LogP contribution in [0.1, 0.15) is 15.9 Å². The lowest BCUT2D eigenvalue weighted by Gasteiger charge is -2.09. The van der Waals surface area contributed by atoms with Crippen molar-refractivity contribution >= 4 is 27.5 Å². The van der Waals surface area contributed by atoms with Crippen molar-refractivity contribution in [3.05, 3.63) is 63.4 Å². The fraction of sp³-hybridized carbons (Fsp3) is 0.0714. The third-order valence-electron chi connectivity index (χ3n) is 2.55. The Morgan fingerprint density at radius 1 is 1.05 bits per heavy atom. The molecule has 0 aliphatic rings. The smallest absolute Gasteiger partial charge is 0.255 e. The number of rotatable bonds is 2. The van der Waals surface area contributed by atoms with Crippen molar-refractivity contribution in [2.45, 2.75) is 6.92 Å². The molecule has 0 aliphatic heterocycles. The monoisotopic (exact) mass is 343 g/mol. The Labute approximate surface area is 121 Å². The summed E-state index contributed by atoms with van der Waals surface area (Å²) in [6.07, 6.45) is 0. The number of carbonyl (C=O) groups excluding carboxylic acids is 1. The summed E-state index contributed by atoms with van der Waals surface area (Å²) in [5, 5.41) is 2.10. The van der Waals surface area contributed by atoms with Gasteiger partial charge in [0, 0.05) is 10.0 Å². The number of hydrogen-bond donors (Lipinski definition) is 1. The van der Waals surface area contributed by atoms with Gasteiger partial charge in [0.1, 0.15) is 11.5 Å². The van der Waals surface area contributed by atoms with Crippen LogP contribution in [0.4, 0.5) is 18.9 Å². The van der Waals surface area contributed by atoms with Crippen molar-refractivity contribution < 1.29 is 18.0 Å². The van der Waals surface area contributed by atoms with E-state index >= 15 is 0 Å². The largest absolute Gasteiger partial charge is 0.317 e. The molecule has 0 aromatic heterocycles. The minimum atomic E-state index is -0.918. The van der Waals surface area contributed by atoms with Crippen molar-refractivity contribution in [2.24, 2.45) is 0 Å². The van der Waals surface area contributed by atoms with E-state index in [-0.39, 0.29) is 10.0 Å². The van der Waals surface area contributed by atoms with E-state index in [4.69, 9.17) is 0 Å². The number of benzene rings is 2. The van der Waals surface area contributed by atoms with Gasteiger partial charge >= 0.3 is 0 Å². The van der Waals surface area contributed by atoms with Crippen LogP contribution in [0, 0.1) is 24.4 Å². The molecule has 0 fully saturated rings. The number of aryl methyl sites for hydroxylation is 1. The van der Waals surface area contributed by atoms with E-state index in [2.05, 4.69) is 21.2 Å². The number of hydrogen-bond acceptors (Lipinski definition) is 1. The molecule has 0 aliphatic carbocycles. The van der Waals surface area contributed by atoms with Gasteiger partial charge in [-0.15, -0.1) is 0 Å². The highest BCUT2D eigenvalue weighted by atomic mass is 79.9. The van der Waals surface area contributed by atoms with E-state index in [1.54, 1.807) is 6.92 Å². The van der Waals surface area contributed by atoms with Gasteiger partial charge < -0.3 is 5.32 Å². The number of carbonyl (C=O) groups is 1. The molecule has 2 rings (SSSR count). The molecule has 0 saturated carbocycles. The van der Waals surface area contributed by atoms with Crippen LogP contribution in [-0.2, 0) is 0 Å². The first-order chi connectivity index (χ1) is 9.36. The Kier molecular flexibility index (Phi) is 4.13. The van der Waals surface area contributed by atoms with E-state index in [0.29, 0.717) is 5.56 Å². The standard InChI is InChI=1S/C14H9BrF3NO/c1-7-2-8(4-10(16)3-7)14(20)19-13-11(17)5-9(15)6-12(13)18/h2-6H,1H3,(H,19,20). The highest BCUT2D eigenvalue weighted by molar-refractivity contribution is 9.10. The molecular formula is C14H9BrF3NO. The summed E-state index contributed by atoms with van der Waals surface area (Å²) >= 11 is 2.94. The molecule has 2 nitrogen and oxygen atoms in total. The summed E-state index contributed by atoms with van der Waals surface area (Å²) in [5.41, 5.74) is -0.0452. The Bertz CT molecular complexity index is 645. The second kappa shape index (κ2) is 5.66. The number of anilines is 1. The van der Waals surface area contributed by atoms with Gasteiger partial charge in [-0.05, 0) is 42.8 Å². The number of nitrogens with one attached hydrogen (secondary N) is 1. The van der Waals surface area contributed by atoms with Gasteiger partial charge in [-0.1, -0.05) is 15.9 Å². The second-order valence-electron chi connectivity index (χ2n) is 4.22. The Morgan fingerprint density at radius 3 is 2.20 bits per heavy atom.